The van der Waals surface area contributed by atoms with Crippen molar-refractivity contribution in [1.82, 2.24) is 10.2 Å². The van der Waals surface area contributed by atoms with Crippen LogP contribution in [0.3, 0.4) is 0 Å². The molecule has 1 aromatic carbocycles. The minimum absolute atomic E-state index is 0.110. The van der Waals surface area contributed by atoms with Crippen molar-refractivity contribution in [3.05, 3.63) is 28.6 Å². The summed E-state index contributed by atoms with van der Waals surface area (Å²) in [6.07, 6.45) is 0.315. The molecule has 0 unspecified atom stereocenters. The Labute approximate surface area is 103 Å². The number of benzene rings is 1. The Hall–Kier alpha value is -2.08. The molecule has 18 heavy (non-hydrogen) atoms. The lowest BCUT2D eigenvalue weighted by molar-refractivity contribution is -0.117. The third kappa shape index (κ3) is 2.78. The molecule has 0 fully saturated rings. The number of aromatic amines is 2. The first-order valence-electron chi connectivity index (χ1n) is 5.78. The van der Waals surface area contributed by atoms with Crippen LogP contribution >= 0.6 is 0 Å². The number of fused-ring (bicyclic) bond motifs is 1. The van der Waals surface area contributed by atoms with Crippen molar-refractivity contribution in [2.75, 3.05) is 18.5 Å². The summed E-state index contributed by atoms with van der Waals surface area (Å²) in [6.45, 7) is 2.89. The van der Waals surface area contributed by atoms with Crippen LogP contribution in [0.15, 0.2) is 23.0 Å². The second-order valence-electron chi connectivity index (χ2n) is 3.83. The summed E-state index contributed by atoms with van der Waals surface area (Å²) < 4.78 is 5.10. The number of anilines is 1. The zero-order chi connectivity index (χ0) is 13.0. The van der Waals surface area contributed by atoms with E-state index in [1.807, 2.05) is 6.92 Å². The summed E-state index contributed by atoms with van der Waals surface area (Å²) in [5.74, 6) is -0.110. The predicted octanol–water partition coefficient (Wildman–Crippen LogP) is 1.22. The van der Waals surface area contributed by atoms with Gasteiger partial charge in [-0.1, -0.05) is 0 Å². The number of amides is 1. The Morgan fingerprint density at radius 3 is 3.00 bits per heavy atom. The molecule has 2 aromatic rings. The largest absolute Gasteiger partial charge is 0.381 e. The van der Waals surface area contributed by atoms with Gasteiger partial charge >= 0.3 is 0 Å². The van der Waals surface area contributed by atoms with Gasteiger partial charge in [-0.3, -0.25) is 19.8 Å². The van der Waals surface area contributed by atoms with E-state index in [1.54, 1.807) is 18.2 Å². The van der Waals surface area contributed by atoms with Gasteiger partial charge in [0.25, 0.3) is 5.56 Å². The molecule has 0 spiro atoms. The highest BCUT2D eigenvalue weighted by molar-refractivity contribution is 5.93. The Bertz CT molecular complexity index is 600. The van der Waals surface area contributed by atoms with Gasteiger partial charge in [-0.25, -0.2) is 0 Å². The summed E-state index contributed by atoms with van der Waals surface area (Å²) in [4.78, 5) is 22.9. The van der Waals surface area contributed by atoms with E-state index in [0.717, 1.165) is 0 Å². The van der Waals surface area contributed by atoms with E-state index >= 15 is 0 Å². The molecule has 96 valence electrons. The minimum Gasteiger partial charge on any atom is -0.381 e. The number of carbonyl (C=O) groups excluding carboxylic acids is 1. The lowest BCUT2D eigenvalue weighted by Crippen LogP contribution is -2.14. The average molecular weight is 249 g/mol. The van der Waals surface area contributed by atoms with Crippen molar-refractivity contribution in [3.8, 4) is 0 Å². The van der Waals surface area contributed by atoms with E-state index in [-0.39, 0.29) is 11.5 Å². The SMILES string of the molecule is CCOCCC(=O)Nc1ccc2c(=O)[nH][nH]c2c1. The van der Waals surface area contributed by atoms with Crippen molar-refractivity contribution in [2.24, 2.45) is 0 Å². The van der Waals surface area contributed by atoms with Crippen LogP contribution in [0.4, 0.5) is 5.69 Å². The standard InChI is InChI=1S/C12H15N3O3/c1-2-18-6-5-11(16)13-8-3-4-9-10(7-8)14-15-12(9)17/h3-4,7H,2,5-6H2,1H3,(H,13,16)(H2,14,15,17). The molecule has 6 heteroatoms. The molecule has 1 amide bonds. The lowest BCUT2D eigenvalue weighted by atomic mass is 10.2. The molecular weight excluding hydrogens is 234 g/mol. The molecule has 1 heterocycles. The van der Waals surface area contributed by atoms with Crippen LogP contribution in [0, 0.1) is 0 Å². The molecule has 0 radical (unpaired) electrons. The van der Waals surface area contributed by atoms with Crippen LogP contribution in [0.1, 0.15) is 13.3 Å². The first-order chi connectivity index (χ1) is 8.70. The highest BCUT2D eigenvalue weighted by Crippen LogP contribution is 2.14. The summed E-state index contributed by atoms with van der Waals surface area (Å²) in [5.41, 5.74) is 1.15. The maximum Gasteiger partial charge on any atom is 0.271 e. The fourth-order valence-corrected chi connectivity index (χ4v) is 1.65. The van der Waals surface area contributed by atoms with E-state index in [9.17, 15) is 9.59 Å². The third-order valence-electron chi connectivity index (χ3n) is 2.54. The molecular formula is C12H15N3O3. The fraction of sp³-hybridized carbons (Fsp3) is 0.333. The van der Waals surface area contributed by atoms with Crippen LogP contribution in [-0.4, -0.2) is 29.3 Å². The zero-order valence-electron chi connectivity index (χ0n) is 10.1. The monoisotopic (exact) mass is 249 g/mol. The number of aromatic nitrogens is 2. The van der Waals surface area contributed by atoms with Crippen molar-refractivity contribution in [1.29, 1.82) is 0 Å². The Morgan fingerprint density at radius 2 is 2.22 bits per heavy atom. The normalized spacial score (nSPS) is 10.7. The molecule has 0 bridgehead atoms. The van der Waals surface area contributed by atoms with Gasteiger partial charge in [0.15, 0.2) is 0 Å². The Kier molecular flexibility index (Phi) is 3.78. The minimum atomic E-state index is -0.167. The molecule has 0 saturated heterocycles. The summed E-state index contributed by atoms with van der Waals surface area (Å²) in [5, 5.41) is 8.54. The van der Waals surface area contributed by atoms with E-state index in [2.05, 4.69) is 15.5 Å². The molecule has 0 atom stereocenters. The van der Waals surface area contributed by atoms with Crippen molar-refractivity contribution in [3.63, 3.8) is 0 Å². The van der Waals surface area contributed by atoms with Gasteiger partial charge in [0, 0.05) is 12.3 Å². The van der Waals surface area contributed by atoms with Crippen molar-refractivity contribution >= 4 is 22.5 Å². The summed E-state index contributed by atoms with van der Waals surface area (Å²) >= 11 is 0. The van der Waals surface area contributed by atoms with Gasteiger partial charge in [-0.2, -0.15) is 0 Å². The maximum atomic E-state index is 11.6. The smallest absolute Gasteiger partial charge is 0.271 e. The number of H-pyrrole nitrogens is 2. The first-order valence-corrected chi connectivity index (χ1v) is 5.78. The van der Waals surface area contributed by atoms with Crippen molar-refractivity contribution < 1.29 is 9.53 Å². The second-order valence-corrected chi connectivity index (χ2v) is 3.83. The highest BCUT2D eigenvalue weighted by atomic mass is 16.5. The highest BCUT2D eigenvalue weighted by Gasteiger charge is 2.05. The molecule has 2 rings (SSSR count). The molecule has 0 aliphatic heterocycles. The molecule has 3 N–H and O–H groups in total. The van der Waals surface area contributed by atoms with Gasteiger partial charge in [0.1, 0.15) is 0 Å². The number of rotatable bonds is 5. The zero-order valence-corrected chi connectivity index (χ0v) is 10.1. The second kappa shape index (κ2) is 5.50. The van der Waals surface area contributed by atoms with Gasteiger partial charge in [-0.05, 0) is 25.1 Å². The van der Waals surface area contributed by atoms with Gasteiger partial charge < -0.3 is 10.1 Å². The summed E-state index contributed by atoms with van der Waals surface area (Å²) in [6, 6.07) is 5.08. The number of carbonyl (C=O) groups is 1. The van der Waals surface area contributed by atoms with E-state index in [4.69, 9.17) is 4.74 Å². The van der Waals surface area contributed by atoms with Crippen LogP contribution in [-0.2, 0) is 9.53 Å². The Morgan fingerprint density at radius 1 is 1.39 bits per heavy atom. The molecule has 1 aromatic heterocycles. The quantitative estimate of drug-likeness (QED) is 0.696. The number of nitrogens with one attached hydrogen (secondary N) is 3. The van der Waals surface area contributed by atoms with Gasteiger partial charge in [0.05, 0.1) is 23.9 Å². The number of hydrogen-bond acceptors (Lipinski definition) is 3. The van der Waals surface area contributed by atoms with Gasteiger partial charge in [-0.15, -0.1) is 0 Å². The van der Waals surface area contributed by atoms with Crippen LogP contribution < -0.4 is 10.9 Å². The van der Waals surface area contributed by atoms with E-state index in [1.165, 1.54) is 0 Å². The number of hydrogen-bond donors (Lipinski definition) is 3. The van der Waals surface area contributed by atoms with Crippen molar-refractivity contribution in [2.45, 2.75) is 13.3 Å². The molecule has 0 aliphatic carbocycles. The first kappa shape index (κ1) is 12.4. The lowest BCUT2D eigenvalue weighted by Gasteiger charge is -2.05. The molecule has 0 saturated carbocycles. The van der Waals surface area contributed by atoms with Crippen LogP contribution in [0.5, 0.6) is 0 Å². The predicted molar refractivity (Wildman–Crippen MR) is 68.7 cm³/mol. The van der Waals surface area contributed by atoms with E-state index < -0.39 is 0 Å². The molecule has 6 nitrogen and oxygen atoms in total. The topological polar surface area (TPSA) is 87.0 Å². The summed E-state index contributed by atoms with van der Waals surface area (Å²) in [7, 11) is 0. The number of ether oxygens (including phenoxy) is 1. The van der Waals surface area contributed by atoms with Gasteiger partial charge in [0.2, 0.25) is 5.91 Å². The molecule has 0 aliphatic rings. The van der Waals surface area contributed by atoms with E-state index in [0.29, 0.717) is 36.2 Å². The van der Waals surface area contributed by atoms with Crippen LogP contribution in [0.2, 0.25) is 0 Å². The van der Waals surface area contributed by atoms with Crippen LogP contribution in [0.25, 0.3) is 10.9 Å². The Balaban J connectivity index is 2.03. The fourth-order valence-electron chi connectivity index (χ4n) is 1.65. The average Bonchev–Trinajstić information content (AvgIpc) is 2.71. The third-order valence-corrected chi connectivity index (χ3v) is 2.54. The maximum absolute atomic E-state index is 11.6.